The van der Waals surface area contributed by atoms with Gasteiger partial charge in [-0.25, -0.2) is 9.67 Å². The summed E-state index contributed by atoms with van der Waals surface area (Å²) in [5, 5.41) is 12.2. The number of nitrogens with one attached hydrogen (secondary N) is 1. The van der Waals surface area contributed by atoms with Gasteiger partial charge in [0.2, 0.25) is 0 Å². The summed E-state index contributed by atoms with van der Waals surface area (Å²) in [4.78, 5) is 4.66. The summed E-state index contributed by atoms with van der Waals surface area (Å²) < 4.78 is 1.98. The monoisotopic (exact) mass is 295 g/mol. The van der Waals surface area contributed by atoms with E-state index in [-0.39, 0.29) is 5.54 Å². The number of aromatic nitrogens is 5. The Kier molecular flexibility index (Phi) is 3.35. The maximum absolute atomic E-state index is 4.66. The molecule has 5 heteroatoms. The molecule has 0 spiro atoms. The van der Waals surface area contributed by atoms with Crippen LogP contribution in [0.2, 0.25) is 0 Å². The van der Waals surface area contributed by atoms with Gasteiger partial charge < -0.3 is 0 Å². The topological polar surface area (TPSA) is 59.4 Å². The Morgan fingerprint density at radius 1 is 1.05 bits per heavy atom. The zero-order valence-electron chi connectivity index (χ0n) is 13.7. The number of hydrogen-bond donors (Lipinski definition) is 1. The van der Waals surface area contributed by atoms with Gasteiger partial charge in [-0.05, 0) is 34.6 Å². The van der Waals surface area contributed by atoms with Gasteiger partial charge in [-0.1, -0.05) is 30.3 Å². The molecule has 22 heavy (non-hydrogen) atoms. The van der Waals surface area contributed by atoms with Crippen molar-refractivity contribution < 1.29 is 0 Å². The van der Waals surface area contributed by atoms with Crippen molar-refractivity contribution in [3.8, 4) is 22.6 Å². The maximum atomic E-state index is 4.66. The van der Waals surface area contributed by atoms with Crippen molar-refractivity contribution in [3.05, 3.63) is 41.9 Å². The van der Waals surface area contributed by atoms with Crippen LogP contribution in [0.15, 0.2) is 30.3 Å². The molecule has 0 unspecified atom stereocenters. The summed E-state index contributed by atoms with van der Waals surface area (Å²) in [6, 6.07) is 10.2. The minimum Gasteiger partial charge on any atom is -0.281 e. The zero-order chi connectivity index (χ0) is 15.9. The van der Waals surface area contributed by atoms with Crippen LogP contribution in [0.5, 0.6) is 0 Å². The summed E-state index contributed by atoms with van der Waals surface area (Å²) in [7, 11) is 0. The van der Waals surface area contributed by atoms with Crippen LogP contribution in [0.4, 0.5) is 0 Å². The predicted molar refractivity (Wildman–Crippen MR) is 87.5 cm³/mol. The molecule has 0 amide bonds. The Bertz CT molecular complexity index is 790. The van der Waals surface area contributed by atoms with Crippen LogP contribution < -0.4 is 0 Å². The normalized spacial score (nSPS) is 11.9. The minimum atomic E-state index is -0.145. The van der Waals surface area contributed by atoms with E-state index in [2.05, 4.69) is 53.2 Å². The molecular weight excluding hydrogens is 274 g/mol. The van der Waals surface area contributed by atoms with Crippen molar-refractivity contribution in [3.63, 3.8) is 0 Å². The lowest BCUT2D eigenvalue weighted by atomic mass is 10.0. The highest BCUT2D eigenvalue weighted by Crippen LogP contribution is 2.33. The Morgan fingerprint density at radius 3 is 2.36 bits per heavy atom. The highest BCUT2D eigenvalue weighted by atomic mass is 15.4. The largest absolute Gasteiger partial charge is 0.281 e. The lowest BCUT2D eigenvalue weighted by Crippen LogP contribution is -2.24. The molecule has 3 aromatic rings. The molecule has 114 valence electrons. The summed E-state index contributed by atoms with van der Waals surface area (Å²) >= 11 is 0. The fourth-order valence-corrected chi connectivity index (χ4v) is 2.55. The van der Waals surface area contributed by atoms with Crippen LogP contribution in [0.3, 0.4) is 0 Å². The van der Waals surface area contributed by atoms with Gasteiger partial charge in [0.25, 0.3) is 0 Å². The van der Waals surface area contributed by atoms with E-state index in [1.165, 1.54) is 0 Å². The van der Waals surface area contributed by atoms with Crippen molar-refractivity contribution in [1.29, 1.82) is 0 Å². The first-order valence-corrected chi connectivity index (χ1v) is 7.43. The van der Waals surface area contributed by atoms with Crippen LogP contribution in [0.1, 0.15) is 32.3 Å². The second kappa shape index (κ2) is 5.09. The molecule has 0 aliphatic carbocycles. The number of aromatic amines is 1. The Hall–Kier alpha value is -2.43. The molecule has 0 aliphatic heterocycles. The van der Waals surface area contributed by atoms with Crippen molar-refractivity contribution in [2.24, 2.45) is 0 Å². The van der Waals surface area contributed by atoms with Crippen LogP contribution in [-0.2, 0) is 5.54 Å². The van der Waals surface area contributed by atoms with Crippen molar-refractivity contribution >= 4 is 0 Å². The van der Waals surface area contributed by atoms with E-state index in [1.54, 1.807) is 0 Å². The fourth-order valence-electron chi connectivity index (χ4n) is 2.55. The molecule has 0 aliphatic rings. The first-order chi connectivity index (χ1) is 10.4. The molecule has 0 fully saturated rings. The van der Waals surface area contributed by atoms with E-state index in [9.17, 15) is 0 Å². The smallest absolute Gasteiger partial charge is 0.162 e. The van der Waals surface area contributed by atoms with Crippen LogP contribution in [-0.4, -0.2) is 25.0 Å². The number of hydrogen-bond acceptors (Lipinski definition) is 3. The van der Waals surface area contributed by atoms with Crippen molar-refractivity contribution in [2.75, 3.05) is 0 Å². The van der Waals surface area contributed by atoms with Gasteiger partial charge in [0.05, 0.1) is 11.1 Å². The molecule has 3 rings (SSSR count). The first kappa shape index (κ1) is 14.5. The maximum Gasteiger partial charge on any atom is 0.162 e. The minimum absolute atomic E-state index is 0.145. The summed E-state index contributed by atoms with van der Waals surface area (Å²) in [6.07, 6.45) is 0. The van der Waals surface area contributed by atoms with Gasteiger partial charge in [-0.3, -0.25) is 5.10 Å². The third-order valence-corrected chi connectivity index (χ3v) is 3.57. The number of H-pyrrole nitrogens is 1. The Morgan fingerprint density at radius 2 is 1.73 bits per heavy atom. The average molecular weight is 295 g/mol. The SMILES string of the molecule is Cc1nc(-c2c(-c3ccccc3)n[nH]c2C)n(C(C)(C)C)n1. The fraction of sp³-hybridized carbons (Fsp3) is 0.353. The molecule has 0 saturated heterocycles. The number of aryl methyl sites for hydroxylation is 2. The summed E-state index contributed by atoms with van der Waals surface area (Å²) in [6.45, 7) is 10.3. The molecule has 1 N–H and O–H groups in total. The lowest BCUT2D eigenvalue weighted by molar-refractivity contribution is 0.358. The van der Waals surface area contributed by atoms with Gasteiger partial charge in [0, 0.05) is 11.3 Å². The molecule has 0 saturated carbocycles. The quantitative estimate of drug-likeness (QED) is 0.784. The first-order valence-electron chi connectivity index (χ1n) is 7.43. The highest BCUT2D eigenvalue weighted by Gasteiger charge is 2.25. The third-order valence-electron chi connectivity index (χ3n) is 3.57. The number of nitrogens with zero attached hydrogens (tertiary/aromatic N) is 4. The molecule has 0 radical (unpaired) electrons. The predicted octanol–water partition coefficient (Wildman–Crippen LogP) is 3.71. The molecule has 0 atom stereocenters. The standard InChI is InChI=1S/C17H21N5/c1-11-14(15(20-19-11)13-9-7-6-8-10-13)16-18-12(2)21-22(16)17(3,4)5/h6-10H,1-5H3,(H,19,20). The van der Waals surface area contributed by atoms with Crippen molar-refractivity contribution in [1.82, 2.24) is 25.0 Å². The van der Waals surface area contributed by atoms with Gasteiger partial charge in [-0.2, -0.15) is 10.2 Å². The molecule has 2 aromatic heterocycles. The molecular formula is C17H21N5. The van der Waals surface area contributed by atoms with Gasteiger partial charge in [-0.15, -0.1) is 0 Å². The lowest BCUT2D eigenvalue weighted by Gasteiger charge is -2.21. The van der Waals surface area contributed by atoms with Crippen molar-refractivity contribution in [2.45, 2.75) is 40.2 Å². The summed E-state index contributed by atoms with van der Waals surface area (Å²) in [5.74, 6) is 1.62. The number of rotatable bonds is 2. The van der Waals surface area contributed by atoms with E-state index in [0.717, 1.165) is 34.2 Å². The van der Waals surface area contributed by atoms with E-state index in [4.69, 9.17) is 0 Å². The molecule has 2 heterocycles. The highest BCUT2D eigenvalue weighted by molar-refractivity contribution is 5.79. The second-order valence-corrected chi connectivity index (χ2v) is 6.50. The van der Waals surface area contributed by atoms with E-state index in [1.807, 2.05) is 36.7 Å². The van der Waals surface area contributed by atoms with Gasteiger partial charge in [0.1, 0.15) is 11.5 Å². The van der Waals surface area contributed by atoms with E-state index in [0.29, 0.717) is 0 Å². The van der Waals surface area contributed by atoms with Gasteiger partial charge in [0.15, 0.2) is 5.82 Å². The Balaban J connectivity index is 2.25. The third kappa shape index (κ3) is 2.43. The van der Waals surface area contributed by atoms with Crippen LogP contribution >= 0.6 is 0 Å². The second-order valence-electron chi connectivity index (χ2n) is 6.50. The Labute approximate surface area is 130 Å². The molecule has 5 nitrogen and oxygen atoms in total. The van der Waals surface area contributed by atoms with E-state index >= 15 is 0 Å². The summed E-state index contributed by atoms with van der Waals surface area (Å²) in [5.41, 5.74) is 3.85. The van der Waals surface area contributed by atoms with Crippen LogP contribution in [0.25, 0.3) is 22.6 Å². The average Bonchev–Trinajstić information content (AvgIpc) is 3.02. The zero-order valence-corrected chi connectivity index (χ0v) is 13.7. The number of benzene rings is 1. The molecule has 0 bridgehead atoms. The van der Waals surface area contributed by atoms with E-state index < -0.39 is 0 Å². The molecule has 1 aromatic carbocycles. The van der Waals surface area contributed by atoms with Crippen LogP contribution in [0, 0.1) is 13.8 Å². The van der Waals surface area contributed by atoms with Gasteiger partial charge >= 0.3 is 0 Å².